The van der Waals surface area contributed by atoms with Crippen LogP contribution in [0.5, 0.6) is 0 Å². The van der Waals surface area contributed by atoms with Gasteiger partial charge in [0.2, 0.25) is 11.8 Å². The molecule has 0 atom stereocenters. The maximum Gasteiger partial charge on any atom is 0.419 e. The van der Waals surface area contributed by atoms with Gasteiger partial charge in [0.1, 0.15) is 0 Å². The number of aryl methyl sites for hydroxylation is 4. The van der Waals surface area contributed by atoms with E-state index < -0.39 is 5.76 Å². The summed E-state index contributed by atoms with van der Waals surface area (Å²) < 4.78 is 6.50. The number of aromatic nitrogens is 1. The quantitative estimate of drug-likeness (QED) is 0.645. The summed E-state index contributed by atoms with van der Waals surface area (Å²) >= 11 is 5.89. The number of fused-ring (bicyclic) bond motifs is 1. The molecule has 152 valence electrons. The molecule has 0 radical (unpaired) electrons. The van der Waals surface area contributed by atoms with Gasteiger partial charge in [-0.2, -0.15) is 0 Å². The van der Waals surface area contributed by atoms with E-state index in [0.29, 0.717) is 16.1 Å². The zero-order valence-corrected chi connectivity index (χ0v) is 17.2. The van der Waals surface area contributed by atoms with Crippen LogP contribution in [0.15, 0.2) is 39.5 Å². The van der Waals surface area contributed by atoms with Crippen molar-refractivity contribution in [2.75, 3.05) is 11.9 Å². The van der Waals surface area contributed by atoms with Gasteiger partial charge in [-0.3, -0.25) is 14.2 Å². The first kappa shape index (κ1) is 20.7. The molecular formula is C21H22ClN3O4. The van der Waals surface area contributed by atoms with Crippen LogP contribution in [-0.4, -0.2) is 22.9 Å². The van der Waals surface area contributed by atoms with E-state index >= 15 is 0 Å². The van der Waals surface area contributed by atoms with Crippen LogP contribution in [0.2, 0.25) is 5.02 Å². The molecule has 0 aliphatic heterocycles. The third-order valence-corrected chi connectivity index (χ3v) is 4.82. The molecular weight excluding hydrogens is 394 g/mol. The van der Waals surface area contributed by atoms with Crippen LogP contribution in [0.4, 0.5) is 5.69 Å². The van der Waals surface area contributed by atoms with Gasteiger partial charge in [0.05, 0.1) is 12.1 Å². The monoisotopic (exact) mass is 415 g/mol. The second-order valence-corrected chi connectivity index (χ2v) is 7.42. The molecule has 8 heteroatoms. The SMILES string of the molecule is Cc1cc(C)c(NC(=O)CNC(=O)CCn2c(=O)oc3cc(Cl)ccc32)c(C)c1. The molecule has 0 aliphatic carbocycles. The first-order valence-electron chi connectivity index (χ1n) is 9.18. The van der Waals surface area contributed by atoms with Crippen molar-refractivity contribution in [1.82, 2.24) is 9.88 Å². The van der Waals surface area contributed by atoms with Gasteiger partial charge in [0, 0.05) is 29.7 Å². The first-order chi connectivity index (χ1) is 13.7. The number of benzene rings is 2. The fourth-order valence-corrected chi connectivity index (χ4v) is 3.46. The van der Waals surface area contributed by atoms with Gasteiger partial charge in [0.15, 0.2) is 5.58 Å². The van der Waals surface area contributed by atoms with Crippen LogP contribution >= 0.6 is 11.6 Å². The van der Waals surface area contributed by atoms with Crippen molar-refractivity contribution in [2.24, 2.45) is 0 Å². The summed E-state index contributed by atoms with van der Waals surface area (Å²) in [5.41, 5.74) is 4.74. The fraction of sp³-hybridized carbons (Fsp3) is 0.286. The van der Waals surface area contributed by atoms with E-state index in [1.807, 2.05) is 32.9 Å². The molecule has 2 aromatic carbocycles. The third-order valence-electron chi connectivity index (χ3n) is 4.58. The van der Waals surface area contributed by atoms with E-state index in [0.717, 1.165) is 22.4 Å². The van der Waals surface area contributed by atoms with Crippen molar-refractivity contribution < 1.29 is 14.0 Å². The van der Waals surface area contributed by atoms with Crippen LogP contribution in [-0.2, 0) is 16.1 Å². The molecule has 1 heterocycles. The molecule has 0 fully saturated rings. The van der Waals surface area contributed by atoms with Gasteiger partial charge in [-0.05, 0) is 44.0 Å². The minimum absolute atomic E-state index is 0.0348. The molecule has 0 saturated carbocycles. The largest absolute Gasteiger partial charge is 0.419 e. The number of carbonyl (C=O) groups is 2. The number of nitrogens with zero attached hydrogens (tertiary/aromatic N) is 1. The van der Waals surface area contributed by atoms with E-state index in [1.54, 1.807) is 18.2 Å². The number of nitrogens with one attached hydrogen (secondary N) is 2. The van der Waals surface area contributed by atoms with E-state index in [2.05, 4.69) is 10.6 Å². The van der Waals surface area contributed by atoms with Gasteiger partial charge in [0.25, 0.3) is 0 Å². The maximum atomic E-state index is 12.2. The zero-order valence-electron chi connectivity index (χ0n) is 16.5. The van der Waals surface area contributed by atoms with Crippen LogP contribution < -0.4 is 16.4 Å². The molecule has 2 N–H and O–H groups in total. The lowest BCUT2D eigenvalue weighted by atomic mass is 10.1. The highest BCUT2D eigenvalue weighted by atomic mass is 35.5. The van der Waals surface area contributed by atoms with Gasteiger partial charge in [-0.25, -0.2) is 4.79 Å². The Morgan fingerprint density at radius 1 is 1.07 bits per heavy atom. The molecule has 7 nitrogen and oxygen atoms in total. The summed E-state index contributed by atoms with van der Waals surface area (Å²) in [6, 6.07) is 8.84. The second kappa shape index (κ2) is 8.53. The number of carbonyl (C=O) groups excluding carboxylic acids is 2. The van der Waals surface area contributed by atoms with Crippen molar-refractivity contribution in [2.45, 2.75) is 33.7 Å². The molecule has 3 aromatic rings. The van der Waals surface area contributed by atoms with Crippen LogP contribution in [0.1, 0.15) is 23.1 Å². The Bertz CT molecular complexity index is 1120. The Morgan fingerprint density at radius 2 is 1.76 bits per heavy atom. The summed E-state index contributed by atoms with van der Waals surface area (Å²) in [7, 11) is 0. The normalized spacial score (nSPS) is 10.9. The Hall–Kier alpha value is -3.06. The molecule has 29 heavy (non-hydrogen) atoms. The molecule has 0 bridgehead atoms. The summed E-state index contributed by atoms with van der Waals surface area (Å²) in [6.07, 6.45) is 0.0348. The number of oxazole rings is 1. The van der Waals surface area contributed by atoms with E-state index in [1.165, 1.54) is 4.57 Å². The molecule has 0 unspecified atom stereocenters. The predicted octanol–water partition coefficient (Wildman–Crippen LogP) is 3.32. The maximum absolute atomic E-state index is 12.2. The highest BCUT2D eigenvalue weighted by molar-refractivity contribution is 6.31. The number of rotatable bonds is 6. The number of halogens is 1. The standard InChI is InChI=1S/C21H22ClN3O4/c1-12-8-13(2)20(14(3)9-12)24-19(27)11-23-18(26)6-7-25-16-5-4-15(22)10-17(16)29-21(25)28/h4-5,8-10H,6-7,11H2,1-3H3,(H,23,26)(H,24,27). The highest BCUT2D eigenvalue weighted by Gasteiger charge is 2.13. The van der Waals surface area contributed by atoms with E-state index in [9.17, 15) is 14.4 Å². The molecule has 3 rings (SSSR count). The fourth-order valence-electron chi connectivity index (χ4n) is 3.29. The van der Waals surface area contributed by atoms with Crippen molar-refractivity contribution in [1.29, 1.82) is 0 Å². The second-order valence-electron chi connectivity index (χ2n) is 6.98. The lowest BCUT2D eigenvalue weighted by Gasteiger charge is -2.13. The topological polar surface area (TPSA) is 93.3 Å². The lowest BCUT2D eigenvalue weighted by Crippen LogP contribution is -2.34. The summed E-state index contributed by atoms with van der Waals surface area (Å²) in [5, 5.41) is 5.87. The average Bonchev–Trinajstić information content (AvgIpc) is 2.95. The van der Waals surface area contributed by atoms with Gasteiger partial charge in [-0.1, -0.05) is 29.3 Å². The van der Waals surface area contributed by atoms with E-state index in [4.69, 9.17) is 16.0 Å². The Balaban J connectivity index is 1.55. The van der Waals surface area contributed by atoms with Crippen molar-refractivity contribution in [3.8, 4) is 0 Å². The van der Waals surface area contributed by atoms with E-state index in [-0.39, 0.29) is 31.3 Å². The summed E-state index contributed by atoms with van der Waals surface area (Å²) in [5.74, 6) is -1.21. The average molecular weight is 416 g/mol. The van der Waals surface area contributed by atoms with Gasteiger partial charge >= 0.3 is 5.76 Å². The summed E-state index contributed by atoms with van der Waals surface area (Å²) in [6.45, 7) is 5.83. The van der Waals surface area contributed by atoms with Crippen molar-refractivity contribution in [3.05, 3.63) is 62.6 Å². The number of anilines is 1. The van der Waals surface area contributed by atoms with Crippen molar-refractivity contribution in [3.63, 3.8) is 0 Å². The smallest absolute Gasteiger partial charge is 0.408 e. The predicted molar refractivity (Wildman–Crippen MR) is 112 cm³/mol. The minimum atomic E-state index is -0.557. The zero-order chi connectivity index (χ0) is 21.1. The molecule has 0 aliphatic rings. The number of amides is 2. The number of hydrogen-bond acceptors (Lipinski definition) is 4. The third kappa shape index (κ3) is 4.86. The molecule has 2 amide bonds. The minimum Gasteiger partial charge on any atom is -0.408 e. The number of hydrogen-bond donors (Lipinski definition) is 2. The lowest BCUT2D eigenvalue weighted by molar-refractivity contribution is -0.124. The van der Waals surface area contributed by atoms with Crippen molar-refractivity contribution >= 4 is 40.2 Å². The molecule has 1 aromatic heterocycles. The molecule has 0 saturated heterocycles. The van der Waals surface area contributed by atoms with Crippen LogP contribution in [0.3, 0.4) is 0 Å². The first-order valence-corrected chi connectivity index (χ1v) is 9.55. The Labute approximate surface area is 172 Å². The Kier molecular flexibility index (Phi) is 6.08. The van der Waals surface area contributed by atoms with Gasteiger partial charge in [-0.15, -0.1) is 0 Å². The summed E-state index contributed by atoms with van der Waals surface area (Å²) in [4.78, 5) is 36.3. The molecule has 0 spiro atoms. The van der Waals surface area contributed by atoms with Gasteiger partial charge < -0.3 is 15.1 Å². The van der Waals surface area contributed by atoms with Crippen LogP contribution in [0.25, 0.3) is 11.1 Å². The highest BCUT2D eigenvalue weighted by Crippen LogP contribution is 2.21. The Morgan fingerprint density at radius 3 is 2.45 bits per heavy atom. The van der Waals surface area contributed by atoms with Crippen LogP contribution in [0, 0.1) is 20.8 Å².